The molecule has 106 valence electrons. The minimum atomic E-state index is 0.598. The third-order valence-corrected chi connectivity index (χ3v) is 4.04. The Bertz CT molecular complexity index is 561. The average Bonchev–Trinajstić information content (AvgIpc) is 3.14. The average molecular weight is 270 g/mol. The van der Waals surface area contributed by atoms with Crippen molar-refractivity contribution in [2.24, 2.45) is 11.7 Å². The molecule has 20 heavy (non-hydrogen) atoms. The number of rotatable bonds is 4. The summed E-state index contributed by atoms with van der Waals surface area (Å²) in [6.07, 6.45) is 4.28. The van der Waals surface area contributed by atoms with Crippen LogP contribution in [0.1, 0.15) is 19.0 Å². The lowest BCUT2D eigenvalue weighted by atomic mass is 10.1. The maximum Gasteiger partial charge on any atom is 0.210 e. The Hall–Kier alpha value is -1.81. The largest absolute Gasteiger partial charge is 0.342 e. The zero-order valence-corrected chi connectivity index (χ0v) is 12.0. The van der Waals surface area contributed by atoms with Crippen LogP contribution in [0.5, 0.6) is 0 Å². The Labute approximate surface area is 120 Å². The number of para-hydroxylation sites is 1. The van der Waals surface area contributed by atoms with E-state index in [0.717, 1.165) is 37.7 Å². The quantitative estimate of drug-likeness (QED) is 0.926. The SMILES string of the molecule is CCc1cn(-c2ccccc2)c(N2CCC(CN)C2)n1. The topological polar surface area (TPSA) is 47.1 Å². The van der Waals surface area contributed by atoms with Gasteiger partial charge in [0.05, 0.1) is 5.69 Å². The van der Waals surface area contributed by atoms with E-state index < -0.39 is 0 Å². The molecule has 4 nitrogen and oxygen atoms in total. The first-order chi connectivity index (χ1) is 9.81. The lowest BCUT2D eigenvalue weighted by Crippen LogP contribution is -2.25. The van der Waals surface area contributed by atoms with Crippen molar-refractivity contribution in [2.75, 3.05) is 24.5 Å². The molecule has 0 aliphatic carbocycles. The normalized spacial score (nSPS) is 18.7. The van der Waals surface area contributed by atoms with Crippen molar-refractivity contribution in [2.45, 2.75) is 19.8 Å². The third-order valence-electron chi connectivity index (χ3n) is 4.04. The van der Waals surface area contributed by atoms with Gasteiger partial charge in [-0.05, 0) is 37.4 Å². The molecule has 2 N–H and O–H groups in total. The van der Waals surface area contributed by atoms with Crippen LogP contribution in [0, 0.1) is 5.92 Å². The van der Waals surface area contributed by atoms with Crippen molar-refractivity contribution in [3.05, 3.63) is 42.2 Å². The fourth-order valence-corrected chi connectivity index (χ4v) is 2.80. The van der Waals surface area contributed by atoms with E-state index in [1.54, 1.807) is 0 Å². The van der Waals surface area contributed by atoms with Gasteiger partial charge in [-0.25, -0.2) is 4.98 Å². The second kappa shape index (κ2) is 5.67. The first-order valence-corrected chi connectivity index (χ1v) is 7.40. The number of benzene rings is 1. The van der Waals surface area contributed by atoms with Gasteiger partial charge in [-0.1, -0.05) is 25.1 Å². The van der Waals surface area contributed by atoms with Crippen LogP contribution in [-0.4, -0.2) is 29.2 Å². The number of nitrogens with two attached hydrogens (primary N) is 1. The predicted molar refractivity (Wildman–Crippen MR) is 82.3 cm³/mol. The van der Waals surface area contributed by atoms with Crippen molar-refractivity contribution in [1.29, 1.82) is 0 Å². The molecule has 1 aromatic carbocycles. The molecule has 0 amide bonds. The second-order valence-corrected chi connectivity index (χ2v) is 5.43. The van der Waals surface area contributed by atoms with Gasteiger partial charge in [-0.3, -0.25) is 4.57 Å². The molecule has 1 unspecified atom stereocenters. The molecule has 2 heterocycles. The molecular formula is C16H22N4. The summed E-state index contributed by atoms with van der Waals surface area (Å²) >= 11 is 0. The van der Waals surface area contributed by atoms with Crippen LogP contribution in [0.2, 0.25) is 0 Å². The summed E-state index contributed by atoms with van der Waals surface area (Å²) in [6, 6.07) is 10.4. The van der Waals surface area contributed by atoms with Gasteiger partial charge in [0.15, 0.2) is 0 Å². The molecule has 4 heteroatoms. The minimum absolute atomic E-state index is 0.598. The summed E-state index contributed by atoms with van der Waals surface area (Å²) in [7, 11) is 0. The zero-order valence-electron chi connectivity index (χ0n) is 12.0. The van der Waals surface area contributed by atoms with Crippen molar-refractivity contribution in [3.8, 4) is 5.69 Å². The molecular weight excluding hydrogens is 248 g/mol. The Kier molecular flexibility index (Phi) is 3.74. The summed E-state index contributed by atoms with van der Waals surface area (Å²) in [6.45, 7) is 4.98. The molecule has 1 aliphatic heterocycles. The molecule has 2 aromatic rings. The maximum atomic E-state index is 5.80. The highest BCUT2D eigenvalue weighted by molar-refractivity contribution is 5.45. The van der Waals surface area contributed by atoms with Gasteiger partial charge in [0.2, 0.25) is 5.95 Å². The number of hydrogen-bond acceptors (Lipinski definition) is 3. The Balaban J connectivity index is 1.96. The van der Waals surface area contributed by atoms with Crippen LogP contribution in [0.15, 0.2) is 36.5 Å². The highest BCUT2D eigenvalue weighted by atomic mass is 15.3. The number of hydrogen-bond donors (Lipinski definition) is 1. The Morgan fingerprint density at radius 2 is 2.10 bits per heavy atom. The fraction of sp³-hybridized carbons (Fsp3) is 0.438. The molecule has 1 saturated heterocycles. The van der Waals surface area contributed by atoms with Crippen LogP contribution >= 0.6 is 0 Å². The lowest BCUT2D eigenvalue weighted by molar-refractivity contribution is 0.601. The van der Waals surface area contributed by atoms with Gasteiger partial charge >= 0.3 is 0 Å². The molecule has 1 fully saturated rings. The highest BCUT2D eigenvalue weighted by Gasteiger charge is 2.25. The summed E-state index contributed by atoms with van der Waals surface area (Å²) in [5.41, 5.74) is 8.11. The van der Waals surface area contributed by atoms with Crippen LogP contribution in [-0.2, 0) is 6.42 Å². The summed E-state index contributed by atoms with van der Waals surface area (Å²) in [5.74, 6) is 1.66. The van der Waals surface area contributed by atoms with Gasteiger partial charge in [-0.2, -0.15) is 0 Å². The molecule has 0 bridgehead atoms. The number of aromatic nitrogens is 2. The number of imidazole rings is 1. The van der Waals surface area contributed by atoms with Crippen molar-refractivity contribution >= 4 is 5.95 Å². The van der Waals surface area contributed by atoms with Crippen LogP contribution in [0.3, 0.4) is 0 Å². The molecule has 0 saturated carbocycles. The van der Waals surface area contributed by atoms with Crippen LogP contribution < -0.4 is 10.6 Å². The highest BCUT2D eigenvalue weighted by Crippen LogP contribution is 2.26. The van der Waals surface area contributed by atoms with E-state index in [9.17, 15) is 0 Å². The summed E-state index contributed by atoms with van der Waals surface area (Å²) < 4.78 is 2.21. The van der Waals surface area contributed by atoms with Crippen molar-refractivity contribution < 1.29 is 0 Å². The predicted octanol–water partition coefficient (Wildman–Crippen LogP) is 2.22. The number of nitrogens with zero attached hydrogens (tertiary/aromatic N) is 3. The van der Waals surface area contributed by atoms with E-state index >= 15 is 0 Å². The van der Waals surface area contributed by atoms with Crippen LogP contribution in [0.4, 0.5) is 5.95 Å². The van der Waals surface area contributed by atoms with E-state index in [0.29, 0.717) is 5.92 Å². The Morgan fingerprint density at radius 1 is 1.30 bits per heavy atom. The standard InChI is InChI=1S/C16H22N4/c1-2-14-12-20(15-6-4-3-5-7-15)16(18-14)19-9-8-13(10-17)11-19/h3-7,12-13H,2,8-11,17H2,1H3. The second-order valence-electron chi connectivity index (χ2n) is 5.43. The molecule has 1 aromatic heterocycles. The number of aryl methyl sites for hydroxylation is 1. The molecule has 3 rings (SSSR count). The van der Waals surface area contributed by atoms with Gasteiger partial charge in [0, 0.05) is 25.0 Å². The summed E-state index contributed by atoms with van der Waals surface area (Å²) in [4.78, 5) is 7.17. The van der Waals surface area contributed by atoms with Crippen LogP contribution in [0.25, 0.3) is 5.69 Å². The van der Waals surface area contributed by atoms with Gasteiger partial charge < -0.3 is 10.6 Å². The maximum absolute atomic E-state index is 5.80. The third kappa shape index (κ3) is 2.43. The first kappa shape index (κ1) is 13.2. The van der Waals surface area contributed by atoms with E-state index in [-0.39, 0.29) is 0 Å². The molecule has 0 radical (unpaired) electrons. The van der Waals surface area contributed by atoms with Crippen molar-refractivity contribution in [3.63, 3.8) is 0 Å². The van der Waals surface area contributed by atoms with Gasteiger partial charge in [-0.15, -0.1) is 0 Å². The smallest absolute Gasteiger partial charge is 0.210 e. The molecule has 1 aliphatic rings. The van der Waals surface area contributed by atoms with Crippen molar-refractivity contribution in [1.82, 2.24) is 9.55 Å². The van der Waals surface area contributed by atoms with E-state index in [2.05, 4.69) is 46.9 Å². The van der Waals surface area contributed by atoms with E-state index in [1.807, 2.05) is 6.07 Å². The molecule has 0 spiro atoms. The monoisotopic (exact) mass is 270 g/mol. The molecule has 1 atom stereocenters. The van der Waals surface area contributed by atoms with E-state index in [4.69, 9.17) is 10.7 Å². The minimum Gasteiger partial charge on any atom is -0.342 e. The van der Waals surface area contributed by atoms with Gasteiger partial charge in [0.1, 0.15) is 0 Å². The Morgan fingerprint density at radius 3 is 2.75 bits per heavy atom. The van der Waals surface area contributed by atoms with Gasteiger partial charge in [0.25, 0.3) is 0 Å². The van der Waals surface area contributed by atoms with E-state index in [1.165, 1.54) is 12.1 Å². The fourth-order valence-electron chi connectivity index (χ4n) is 2.80. The lowest BCUT2D eigenvalue weighted by Gasteiger charge is -2.19. The summed E-state index contributed by atoms with van der Waals surface area (Å²) in [5, 5.41) is 0. The number of anilines is 1. The first-order valence-electron chi connectivity index (χ1n) is 7.40. The zero-order chi connectivity index (χ0) is 13.9.